The maximum atomic E-state index is 14.0. The van der Waals surface area contributed by atoms with Crippen molar-refractivity contribution in [1.82, 2.24) is 9.21 Å². The average Bonchev–Trinajstić information content (AvgIpc) is 2.82. The smallest absolute Gasteiger partial charge is 0.325 e. The van der Waals surface area contributed by atoms with Crippen molar-refractivity contribution in [3.8, 4) is 0 Å². The second kappa shape index (κ2) is 12.8. The lowest BCUT2D eigenvalue weighted by Crippen LogP contribution is -2.53. The van der Waals surface area contributed by atoms with Crippen LogP contribution in [-0.4, -0.2) is 74.6 Å². The highest BCUT2D eigenvalue weighted by molar-refractivity contribution is 7.99. The predicted molar refractivity (Wildman–Crippen MR) is 147 cm³/mol. The summed E-state index contributed by atoms with van der Waals surface area (Å²) in [4.78, 5) is 17.6. The van der Waals surface area contributed by atoms with Gasteiger partial charge in [0, 0.05) is 36.0 Å². The number of rotatable bonds is 10. The van der Waals surface area contributed by atoms with Crippen LogP contribution in [0.1, 0.15) is 40.2 Å². The van der Waals surface area contributed by atoms with E-state index >= 15 is 0 Å². The number of esters is 1. The predicted octanol–water partition coefficient (Wildman–Crippen LogP) is 4.84. The van der Waals surface area contributed by atoms with Crippen LogP contribution in [-0.2, 0) is 24.3 Å². The molecular formula is C28H40N2O5S2. The van der Waals surface area contributed by atoms with E-state index in [4.69, 9.17) is 9.47 Å². The summed E-state index contributed by atoms with van der Waals surface area (Å²) in [6, 6.07) is 14.1. The van der Waals surface area contributed by atoms with Gasteiger partial charge in [-0.15, -0.1) is 0 Å². The second-order valence-corrected chi connectivity index (χ2v) is 13.7. The van der Waals surface area contributed by atoms with E-state index < -0.39 is 27.6 Å². The zero-order valence-electron chi connectivity index (χ0n) is 22.8. The summed E-state index contributed by atoms with van der Waals surface area (Å²) in [7, 11) is -3.98. The molecule has 1 atom stereocenters. The second-order valence-electron chi connectivity index (χ2n) is 10.7. The number of benzene rings is 2. The third-order valence-corrected chi connectivity index (χ3v) is 8.93. The van der Waals surface area contributed by atoms with Crippen molar-refractivity contribution < 1.29 is 22.7 Å². The fraction of sp³-hybridized carbons (Fsp3) is 0.536. The van der Waals surface area contributed by atoms with Crippen LogP contribution in [0.2, 0.25) is 0 Å². The summed E-state index contributed by atoms with van der Waals surface area (Å²) in [5.41, 5.74) is 0.464. The molecule has 9 heteroatoms. The molecule has 1 aliphatic rings. The quantitative estimate of drug-likeness (QED) is 0.394. The molecule has 0 unspecified atom stereocenters. The van der Waals surface area contributed by atoms with Crippen LogP contribution in [0.3, 0.4) is 0 Å². The summed E-state index contributed by atoms with van der Waals surface area (Å²) in [6.45, 7) is 14.5. The van der Waals surface area contributed by atoms with E-state index in [-0.39, 0.29) is 17.4 Å². The van der Waals surface area contributed by atoms with Gasteiger partial charge in [0.15, 0.2) is 0 Å². The van der Waals surface area contributed by atoms with Crippen LogP contribution in [0, 0.1) is 12.8 Å². The van der Waals surface area contributed by atoms with Gasteiger partial charge in [-0.05, 0) is 70.0 Å². The van der Waals surface area contributed by atoms with E-state index in [0.29, 0.717) is 19.8 Å². The molecule has 0 amide bonds. The molecular weight excluding hydrogens is 508 g/mol. The normalized spacial score (nSPS) is 16.2. The molecule has 2 aromatic carbocycles. The first-order valence-corrected chi connectivity index (χ1v) is 15.0. The number of hydrogen-bond acceptors (Lipinski definition) is 7. The van der Waals surface area contributed by atoms with Crippen molar-refractivity contribution in [3.63, 3.8) is 0 Å². The van der Waals surface area contributed by atoms with E-state index in [2.05, 4.69) is 17.0 Å². The molecule has 0 saturated carbocycles. The largest absolute Gasteiger partial charge is 0.459 e. The molecule has 1 aliphatic heterocycles. The van der Waals surface area contributed by atoms with Gasteiger partial charge in [-0.1, -0.05) is 43.3 Å². The first kappa shape index (κ1) is 29.6. The van der Waals surface area contributed by atoms with E-state index in [1.165, 1.54) is 9.87 Å². The molecule has 1 fully saturated rings. The standard InChI is InChI=1S/C28H40N2O5S2/c1-21(2)26(27(31)35-28(4,5)6)30(16-15-29-17-19-34-20-18-29)37(32,33)25-13-11-24(12-14-25)36-23-9-7-22(3)8-10-23/h7-14,21,26H,15-20H2,1-6H3/t26-/m1/s1. The molecule has 0 N–H and O–H groups in total. The maximum absolute atomic E-state index is 14.0. The van der Waals surface area contributed by atoms with Crippen molar-refractivity contribution in [2.24, 2.45) is 5.92 Å². The fourth-order valence-corrected chi connectivity index (χ4v) is 6.63. The average molecular weight is 549 g/mol. The van der Waals surface area contributed by atoms with Crippen LogP contribution in [0.15, 0.2) is 63.2 Å². The summed E-state index contributed by atoms with van der Waals surface area (Å²) >= 11 is 1.57. The molecule has 204 valence electrons. The molecule has 2 aromatic rings. The Morgan fingerprint density at radius 1 is 1.03 bits per heavy atom. The SMILES string of the molecule is Cc1ccc(Sc2ccc(S(=O)(=O)N(CCN3CCOCC3)[C@@H](C(=O)OC(C)(C)C)C(C)C)cc2)cc1. The number of sulfonamides is 1. The Labute approximate surface area is 226 Å². The van der Waals surface area contributed by atoms with Gasteiger partial charge in [-0.2, -0.15) is 4.31 Å². The van der Waals surface area contributed by atoms with Gasteiger partial charge >= 0.3 is 5.97 Å². The molecule has 1 saturated heterocycles. The summed E-state index contributed by atoms with van der Waals surface area (Å²) < 4.78 is 40.4. The monoisotopic (exact) mass is 548 g/mol. The molecule has 0 radical (unpaired) electrons. The Hall–Kier alpha value is -1.91. The molecule has 1 heterocycles. The van der Waals surface area contributed by atoms with Crippen LogP contribution in [0.4, 0.5) is 0 Å². The van der Waals surface area contributed by atoms with Crippen LogP contribution in [0.5, 0.6) is 0 Å². The number of morpholine rings is 1. The highest BCUT2D eigenvalue weighted by atomic mass is 32.2. The Bertz CT molecular complexity index is 1120. The van der Waals surface area contributed by atoms with E-state index in [1.807, 2.05) is 45.0 Å². The van der Waals surface area contributed by atoms with Crippen LogP contribution >= 0.6 is 11.8 Å². The molecule has 0 bridgehead atoms. The Balaban J connectivity index is 1.89. The minimum absolute atomic E-state index is 0.164. The zero-order chi connectivity index (χ0) is 27.2. The molecule has 3 rings (SSSR count). The van der Waals surface area contributed by atoms with Crippen molar-refractivity contribution in [2.45, 2.75) is 67.9 Å². The third kappa shape index (κ3) is 8.55. The van der Waals surface area contributed by atoms with Crippen molar-refractivity contribution in [1.29, 1.82) is 0 Å². The Morgan fingerprint density at radius 2 is 1.57 bits per heavy atom. The van der Waals surface area contributed by atoms with Gasteiger partial charge in [0.2, 0.25) is 10.0 Å². The number of carbonyl (C=O) groups is 1. The summed E-state index contributed by atoms with van der Waals surface area (Å²) in [5, 5.41) is 0. The van der Waals surface area contributed by atoms with Crippen LogP contribution in [0.25, 0.3) is 0 Å². The fourth-order valence-electron chi connectivity index (χ4n) is 4.12. The van der Waals surface area contributed by atoms with E-state index in [9.17, 15) is 13.2 Å². The molecule has 0 aromatic heterocycles. The molecule has 7 nitrogen and oxygen atoms in total. The van der Waals surface area contributed by atoms with Crippen molar-refractivity contribution in [3.05, 3.63) is 54.1 Å². The highest BCUT2D eigenvalue weighted by Gasteiger charge is 2.40. The van der Waals surface area contributed by atoms with Gasteiger partial charge in [-0.25, -0.2) is 8.42 Å². The first-order chi connectivity index (χ1) is 17.4. The number of hydrogen-bond donors (Lipinski definition) is 0. The lowest BCUT2D eigenvalue weighted by molar-refractivity contribution is -0.161. The van der Waals surface area contributed by atoms with Gasteiger partial charge in [0.05, 0.1) is 18.1 Å². The van der Waals surface area contributed by atoms with Crippen molar-refractivity contribution >= 4 is 27.8 Å². The van der Waals surface area contributed by atoms with Crippen LogP contribution < -0.4 is 0 Å². The van der Waals surface area contributed by atoms with Gasteiger partial charge in [-0.3, -0.25) is 9.69 Å². The molecule has 37 heavy (non-hydrogen) atoms. The van der Waals surface area contributed by atoms with E-state index in [0.717, 1.165) is 22.9 Å². The number of aryl methyl sites for hydroxylation is 1. The van der Waals surface area contributed by atoms with Crippen molar-refractivity contribution in [2.75, 3.05) is 39.4 Å². The lowest BCUT2D eigenvalue weighted by Gasteiger charge is -2.35. The minimum atomic E-state index is -3.98. The van der Waals surface area contributed by atoms with Gasteiger partial charge in [0.25, 0.3) is 0 Å². The number of nitrogens with zero attached hydrogens (tertiary/aromatic N) is 2. The Morgan fingerprint density at radius 3 is 2.08 bits per heavy atom. The maximum Gasteiger partial charge on any atom is 0.325 e. The topological polar surface area (TPSA) is 76.2 Å². The lowest BCUT2D eigenvalue weighted by atomic mass is 10.0. The number of carbonyl (C=O) groups excluding carboxylic acids is 1. The highest BCUT2D eigenvalue weighted by Crippen LogP contribution is 2.30. The minimum Gasteiger partial charge on any atom is -0.459 e. The third-order valence-electron chi connectivity index (χ3n) is 6.02. The molecule has 0 aliphatic carbocycles. The van der Waals surface area contributed by atoms with Gasteiger partial charge in [0.1, 0.15) is 11.6 Å². The first-order valence-electron chi connectivity index (χ1n) is 12.8. The summed E-state index contributed by atoms with van der Waals surface area (Å²) in [6.07, 6.45) is 0. The summed E-state index contributed by atoms with van der Waals surface area (Å²) in [5.74, 6) is -0.801. The van der Waals surface area contributed by atoms with Gasteiger partial charge < -0.3 is 9.47 Å². The zero-order valence-corrected chi connectivity index (χ0v) is 24.4. The Kier molecular flexibility index (Phi) is 10.2. The number of ether oxygens (including phenoxy) is 2. The molecule has 0 spiro atoms. The van der Waals surface area contributed by atoms with E-state index in [1.54, 1.807) is 44.7 Å².